The highest BCUT2D eigenvalue weighted by Crippen LogP contribution is 2.37. The molecule has 2 heterocycles. The molecule has 1 saturated heterocycles. The van der Waals surface area contributed by atoms with Gasteiger partial charge < -0.3 is 45.2 Å². The number of aliphatic hydroxyl groups excluding tert-OH is 4. The summed E-state index contributed by atoms with van der Waals surface area (Å²) in [5.41, 5.74) is 1.69. The van der Waals surface area contributed by atoms with Gasteiger partial charge >= 0.3 is 19.5 Å². The zero-order valence-electron chi connectivity index (χ0n) is 27.4. The van der Waals surface area contributed by atoms with Crippen LogP contribution in [0.4, 0.5) is 0 Å². The summed E-state index contributed by atoms with van der Waals surface area (Å²) in [6.07, 6.45) is -5.90. The molecular formula is C31H38N5O15P. The SMILES string of the molecule is Cc1cn(CC(=O)NC(Cc2ccccc2)C(=O)NC(Cc2ccc(OP(=O)(O)O)cc2)C(=O)ONC2C(O)OC(CO)C(O)C2O)c(=O)[nH]c1=O. The first-order valence-electron chi connectivity index (χ1n) is 15.6. The molecule has 0 aliphatic carbocycles. The highest BCUT2D eigenvalue weighted by Gasteiger charge is 2.44. The molecule has 7 unspecified atom stereocenters. The van der Waals surface area contributed by atoms with E-state index in [0.29, 0.717) is 11.1 Å². The molecule has 0 radical (unpaired) electrons. The maximum Gasteiger partial charge on any atom is 0.524 e. The zero-order chi connectivity index (χ0) is 38.2. The molecular weight excluding hydrogens is 713 g/mol. The number of hydroxylamine groups is 1. The van der Waals surface area contributed by atoms with Crippen LogP contribution in [0, 0.1) is 6.92 Å². The van der Waals surface area contributed by atoms with Crippen molar-refractivity contribution in [3.8, 4) is 5.75 Å². The van der Waals surface area contributed by atoms with Crippen molar-refractivity contribution in [1.82, 2.24) is 25.7 Å². The first-order valence-corrected chi connectivity index (χ1v) is 17.1. The van der Waals surface area contributed by atoms with E-state index in [1.165, 1.54) is 37.4 Å². The number of aromatic amines is 1. The van der Waals surface area contributed by atoms with E-state index in [2.05, 4.69) is 25.6 Å². The molecule has 7 atom stereocenters. The number of hydrogen-bond acceptors (Lipinski definition) is 14. The Morgan fingerprint density at radius 3 is 2.21 bits per heavy atom. The average Bonchev–Trinajstić information content (AvgIpc) is 3.08. The van der Waals surface area contributed by atoms with Gasteiger partial charge in [-0.25, -0.2) is 14.2 Å². The maximum atomic E-state index is 13.8. The van der Waals surface area contributed by atoms with E-state index >= 15 is 0 Å². The van der Waals surface area contributed by atoms with E-state index in [-0.39, 0.29) is 24.2 Å². The first-order chi connectivity index (χ1) is 24.5. The fraction of sp³-hybridized carbons (Fsp3) is 0.387. The smallest absolute Gasteiger partial charge is 0.404 e. The average molecular weight is 752 g/mol. The number of phosphoric ester groups is 1. The van der Waals surface area contributed by atoms with Crippen LogP contribution in [-0.2, 0) is 47.9 Å². The summed E-state index contributed by atoms with van der Waals surface area (Å²) in [6.45, 7) is 0.113. The van der Waals surface area contributed by atoms with Crippen LogP contribution >= 0.6 is 7.82 Å². The van der Waals surface area contributed by atoms with Crippen LogP contribution in [-0.4, -0.2) is 107 Å². The lowest BCUT2D eigenvalue weighted by molar-refractivity contribution is -0.268. The largest absolute Gasteiger partial charge is 0.524 e. The molecule has 0 bridgehead atoms. The van der Waals surface area contributed by atoms with Crippen molar-refractivity contribution in [3.05, 3.63) is 98.3 Å². The van der Waals surface area contributed by atoms with Crippen LogP contribution in [0.25, 0.3) is 0 Å². The third kappa shape index (κ3) is 11.1. The number of aryl methyl sites for hydroxylation is 1. The second-order valence-electron chi connectivity index (χ2n) is 11.8. The number of benzene rings is 2. The van der Waals surface area contributed by atoms with Crippen LogP contribution in [0.1, 0.15) is 16.7 Å². The van der Waals surface area contributed by atoms with Gasteiger partial charge in [-0.3, -0.25) is 33.7 Å². The fourth-order valence-corrected chi connectivity index (χ4v) is 5.53. The minimum Gasteiger partial charge on any atom is -0.404 e. The van der Waals surface area contributed by atoms with Crippen molar-refractivity contribution in [2.45, 2.75) is 69.0 Å². The molecule has 52 heavy (non-hydrogen) atoms. The number of ether oxygens (including phenoxy) is 1. The molecule has 4 rings (SSSR count). The summed E-state index contributed by atoms with van der Waals surface area (Å²) in [5.74, 6) is -3.09. The van der Waals surface area contributed by atoms with E-state index in [4.69, 9.17) is 19.4 Å². The summed E-state index contributed by atoms with van der Waals surface area (Å²) in [7, 11) is -4.88. The van der Waals surface area contributed by atoms with Crippen molar-refractivity contribution in [2.75, 3.05) is 6.61 Å². The third-order valence-corrected chi connectivity index (χ3v) is 8.27. The molecule has 3 aromatic rings. The number of carbonyl (C=O) groups excluding carboxylic acids is 3. The lowest BCUT2D eigenvalue weighted by Crippen LogP contribution is -2.64. The van der Waals surface area contributed by atoms with Crippen LogP contribution in [0.3, 0.4) is 0 Å². The quantitative estimate of drug-likeness (QED) is 0.0535. The molecule has 20 nitrogen and oxygen atoms in total. The minimum atomic E-state index is -4.88. The van der Waals surface area contributed by atoms with Gasteiger partial charge in [0.05, 0.1) is 6.61 Å². The molecule has 1 aliphatic rings. The zero-order valence-corrected chi connectivity index (χ0v) is 28.3. The molecule has 282 valence electrons. The number of nitrogens with zero attached hydrogens (tertiary/aromatic N) is 1. The molecule has 2 aromatic carbocycles. The van der Waals surface area contributed by atoms with Crippen LogP contribution in [0.15, 0.2) is 70.4 Å². The summed E-state index contributed by atoms with van der Waals surface area (Å²) in [5, 5.41) is 45.2. The van der Waals surface area contributed by atoms with Crippen molar-refractivity contribution >= 4 is 25.6 Å². The van der Waals surface area contributed by atoms with E-state index in [1.807, 2.05) is 0 Å². The van der Waals surface area contributed by atoms with Crippen molar-refractivity contribution < 1.29 is 63.3 Å². The Kier molecular flexibility index (Phi) is 13.6. The third-order valence-electron chi connectivity index (χ3n) is 7.82. The highest BCUT2D eigenvalue weighted by atomic mass is 31.2. The van der Waals surface area contributed by atoms with E-state index in [0.717, 1.165) is 4.57 Å². The van der Waals surface area contributed by atoms with Gasteiger partial charge in [-0.15, -0.1) is 5.48 Å². The monoisotopic (exact) mass is 751 g/mol. The summed E-state index contributed by atoms with van der Waals surface area (Å²) >= 11 is 0. The van der Waals surface area contributed by atoms with Gasteiger partial charge in [0.25, 0.3) is 5.56 Å². The Balaban J connectivity index is 1.57. The van der Waals surface area contributed by atoms with Crippen molar-refractivity contribution in [2.24, 2.45) is 0 Å². The molecule has 21 heteroatoms. The van der Waals surface area contributed by atoms with Gasteiger partial charge in [-0.2, -0.15) is 0 Å². The topological polar surface area (TPSA) is 308 Å². The number of phosphoric acid groups is 1. The Morgan fingerprint density at radius 2 is 1.58 bits per heavy atom. The Bertz CT molecular complexity index is 1870. The number of amides is 2. The predicted molar refractivity (Wildman–Crippen MR) is 176 cm³/mol. The number of carbonyl (C=O) groups is 3. The molecule has 0 spiro atoms. The first kappa shape index (κ1) is 40.0. The number of aromatic nitrogens is 2. The van der Waals surface area contributed by atoms with Crippen molar-refractivity contribution in [3.63, 3.8) is 0 Å². The molecule has 10 N–H and O–H groups in total. The van der Waals surface area contributed by atoms with Gasteiger partial charge in [0, 0.05) is 24.6 Å². The van der Waals surface area contributed by atoms with Crippen LogP contribution in [0.2, 0.25) is 0 Å². The molecule has 2 amide bonds. The second kappa shape index (κ2) is 17.6. The van der Waals surface area contributed by atoms with Gasteiger partial charge in [-0.1, -0.05) is 42.5 Å². The standard InChI is InChI=1S/C31H38N5O15P/c1-16-13-36(31(45)34-27(16)41)14-23(38)32-20(11-17-5-3-2-4-6-17)28(42)33-21(12-18-7-9-19(10-8-18)51-52(46,47)48)29(43)50-35-24-26(40)25(39)22(15-37)49-30(24)44/h2-10,13,20-22,24-26,30,35,37,39-40,44H,11-12,14-15H2,1H3,(H,32,38)(H,33,42)(H,34,41,45)(H2,46,47,48). The number of aliphatic hydroxyl groups is 4. The van der Waals surface area contributed by atoms with Crippen LogP contribution < -0.4 is 31.9 Å². The van der Waals surface area contributed by atoms with E-state index in [1.54, 1.807) is 30.3 Å². The predicted octanol–water partition coefficient (Wildman–Crippen LogP) is -3.38. The Hall–Kier alpha value is -4.76. The number of hydrogen-bond donors (Lipinski definition) is 10. The summed E-state index contributed by atoms with van der Waals surface area (Å²) in [6, 6.07) is 9.02. The van der Waals surface area contributed by atoms with Gasteiger partial charge in [0.1, 0.15) is 48.7 Å². The summed E-state index contributed by atoms with van der Waals surface area (Å²) in [4.78, 5) is 89.7. The Morgan fingerprint density at radius 1 is 0.942 bits per heavy atom. The van der Waals surface area contributed by atoms with Crippen molar-refractivity contribution in [1.29, 1.82) is 0 Å². The normalized spacial score (nSPS) is 21.4. The molecule has 0 saturated carbocycles. The molecule has 1 fully saturated rings. The highest BCUT2D eigenvalue weighted by molar-refractivity contribution is 7.46. The van der Waals surface area contributed by atoms with Crippen LogP contribution in [0.5, 0.6) is 5.75 Å². The van der Waals surface area contributed by atoms with Gasteiger partial charge in [0.2, 0.25) is 11.8 Å². The number of H-pyrrole nitrogens is 1. The lowest BCUT2D eigenvalue weighted by Gasteiger charge is -2.39. The Labute approximate surface area is 294 Å². The van der Waals surface area contributed by atoms with Gasteiger partial charge in [-0.05, 0) is 30.2 Å². The molecule has 1 aliphatic heterocycles. The second-order valence-corrected chi connectivity index (χ2v) is 13.0. The lowest BCUT2D eigenvalue weighted by atomic mass is 9.98. The number of rotatable bonds is 15. The number of nitrogens with one attached hydrogen (secondary N) is 4. The summed E-state index contributed by atoms with van der Waals surface area (Å²) < 4.78 is 21.7. The maximum absolute atomic E-state index is 13.8. The van der Waals surface area contributed by atoms with Gasteiger partial charge in [0.15, 0.2) is 6.29 Å². The molecule has 1 aromatic heterocycles. The fourth-order valence-electron chi connectivity index (χ4n) is 5.14. The van der Waals surface area contributed by atoms with E-state index in [9.17, 15) is 49.0 Å². The minimum absolute atomic E-state index is 0.0892. The van der Waals surface area contributed by atoms with E-state index < -0.39 is 92.7 Å².